The smallest absolute Gasteiger partial charge is 0.305 e. The predicted octanol–water partition coefficient (Wildman–Crippen LogP) is 2.81. The summed E-state index contributed by atoms with van der Waals surface area (Å²) in [5.41, 5.74) is 9.16. The van der Waals surface area contributed by atoms with E-state index >= 15 is 43.2 Å². The number of carbonyl (C=O) groups excluding carboxylic acids is 15. The van der Waals surface area contributed by atoms with E-state index in [0.717, 1.165) is 27.1 Å². The first-order valence-electron chi connectivity index (χ1n) is 43.2. The highest BCUT2D eigenvalue weighted by molar-refractivity contribution is 8.00. The van der Waals surface area contributed by atoms with Crippen molar-refractivity contribution in [2.45, 2.75) is 203 Å². The number of carboxylic acid groups (broad SMARTS) is 1. The molecule has 35 heteroatoms. The van der Waals surface area contributed by atoms with Gasteiger partial charge in [-0.1, -0.05) is 169 Å². The average molecular weight is 1770 g/mol. The lowest BCUT2D eigenvalue weighted by molar-refractivity contribution is -0.152. The Balaban J connectivity index is 1.10. The molecule has 0 aliphatic carbocycles. The summed E-state index contributed by atoms with van der Waals surface area (Å²) in [5, 5.41) is 42.9. The zero-order valence-electron chi connectivity index (χ0n) is 73.4. The molecular weight excluding hydrogens is 1650 g/mol. The SMILES string of the molecule is CCCC[C@H]1C(=O)N(C)CC(=O)N[C@@H](CC(=O)O)C(=O)N[C@@H](C(C)C)C(=O)N(C)[C@@H](Cc2ccccc2)C(=O)N2CCC[C@H]2C(=O)N2CCC[C@@H]2C(=O)N[C@@H](Cc2c[nH]c3ccccc23)C(=O)NC(Cc2ccc(O)cc2)C(=O)N[C@@H](CC(C)C)C(=O)N[C@H](C(=O)NCC(N)=O)CSCC(=O)N[C@@H](CCc2ccccc2)C(=O)N(C)[C@@H](Cc2ccccc2)C(=O)N1C. The molecule has 13 N–H and O–H groups in total. The van der Waals surface area contributed by atoms with Crippen LogP contribution in [0.2, 0.25) is 0 Å². The first kappa shape index (κ1) is 98.1. The highest BCUT2D eigenvalue weighted by Crippen LogP contribution is 2.30. The Hall–Kier alpha value is -12.7. The van der Waals surface area contributed by atoms with Gasteiger partial charge in [-0.3, -0.25) is 76.7 Å². The van der Waals surface area contributed by atoms with E-state index in [0.29, 0.717) is 58.8 Å². The lowest BCUT2D eigenvalue weighted by Gasteiger charge is -2.37. The van der Waals surface area contributed by atoms with Crippen molar-refractivity contribution in [3.05, 3.63) is 174 Å². The Morgan fingerprint density at radius 2 is 1.03 bits per heavy atom. The number of nitrogens with zero attached hydrogens (tertiary/aromatic N) is 6. The number of carbonyl (C=O) groups is 16. The summed E-state index contributed by atoms with van der Waals surface area (Å²) < 4.78 is 0. The summed E-state index contributed by atoms with van der Waals surface area (Å²) in [4.78, 5) is 246. The van der Waals surface area contributed by atoms with Crippen molar-refractivity contribution >= 4 is 117 Å². The van der Waals surface area contributed by atoms with E-state index in [-0.39, 0.29) is 94.7 Å². The molecule has 0 saturated carbocycles. The molecule has 682 valence electrons. The molecule has 6 aromatic rings. The molecule has 3 aliphatic rings. The molecular formula is C92H120N16O18S. The van der Waals surface area contributed by atoms with E-state index in [1.165, 1.54) is 72.1 Å². The van der Waals surface area contributed by atoms with Gasteiger partial charge in [0.2, 0.25) is 88.6 Å². The molecule has 0 spiro atoms. The lowest BCUT2D eigenvalue weighted by Crippen LogP contribution is -2.61. The number of aromatic hydroxyl groups is 1. The summed E-state index contributed by atoms with van der Waals surface area (Å²) in [6.45, 7) is 7.25. The van der Waals surface area contributed by atoms with Gasteiger partial charge in [0.15, 0.2) is 0 Å². The second kappa shape index (κ2) is 47.0. The maximum Gasteiger partial charge on any atom is 0.305 e. The summed E-state index contributed by atoms with van der Waals surface area (Å²) in [7, 11) is 5.42. The van der Waals surface area contributed by atoms with Gasteiger partial charge in [0, 0.05) is 89.8 Å². The third kappa shape index (κ3) is 27.7. The minimum atomic E-state index is -1.86. The Labute approximate surface area is 743 Å². The molecule has 3 saturated heterocycles. The number of hydrogen-bond acceptors (Lipinski definition) is 18. The highest BCUT2D eigenvalue weighted by Gasteiger charge is 2.47. The number of thioether (sulfide) groups is 1. The molecule has 0 bridgehead atoms. The number of aryl methyl sites for hydroxylation is 1. The van der Waals surface area contributed by atoms with Crippen molar-refractivity contribution in [2.75, 3.05) is 65.9 Å². The highest BCUT2D eigenvalue weighted by atomic mass is 32.2. The largest absolute Gasteiger partial charge is 0.508 e. The lowest BCUT2D eigenvalue weighted by atomic mass is 9.98. The number of aromatic nitrogens is 1. The van der Waals surface area contributed by atoms with Gasteiger partial charge in [-0.2, -0.15) is 0 Å². The molecule has 3 fully saturated rings. The van der Waals surface area contributed by atoms with E-state index < -0.39 is 198 Å². The van der Waals surface area contributed by atoms with E-state index in [2.05, 4.69) is 47.5 Å². The van der Waals surface area contributed by atoms with Crippen LogP contribution in [0.25, 0.3) is 10.9 Å². The van der Waals surface area contributed by atoms with Crippen LogP contribution < -0.4 is 48.3 Å². The van der Waals surface area contributed by atoms with E-state index in [1.807, 2.05) is 31.2 Å². The fourth-order valence-corrected chi connectivity index (χ4v) is 17.1. The number of hydrogen-bond donors (Lipinski definition) is 12. The molecule has 15 amide bonds. The number of rotatable bonds is 22. The number of benzene rings is 5. The van der Waals surface area contributed by atoms with Gasteiger partial charge in [-0.25, -0.2) is 0 Å². The van der Waals surface area contributed by atoms with Crippen molar-refractivity contribution in [3.63, 3.8) is 0 Å². The van der Waals surface area contributed by atoms with Gasteiger partial charge in [-0.05, 0) is 109 Å². The van der Waals surface area contributed by atoms with Crippen LogP contribution in [0, 0.1) is 11.8 Å². The van der Waals surface area contributed by atoms with Gasteiger partial charge in [0.1, 0.15) is 78.3 Å². The molecule has 12 atom stereocenters. The van der Waals surface area contributed by atoms with Crippen LogP contribution in [0.1, 0.15) is 127 Å². The molecule has 1 unspecified atom stereocenters. The van der Waals surface area contributed by atoms with Crippen LogP contribution >= 0.6 is 11.8 Å². The predicted molar refractivity (Wildman–Crippen MR) is 475 cm³/mol. The molecule has 34 nitrogen and oxygen atoms in total. The zero-order chi connectivity index (χ0) is 92.3. The van der Waals surface area contributed by atoms with Crippen molar-refractivity contribution < 1.29 is 86.9 Å². The maximum absolute atomic E-state index is 15.6. The van der Waals surface area contributed by atoms with E-state index in [4.69, 9.17) is 5.73 Å². The zero-order valence-corrected chi connectivity index (χ0v) is 74.2. The minimum Gasteiger partial charge on any atom is -0.508 e. The summed E-state index contributed by atoms with van der Waals surface area (Å²) >= 11 is 0.853. The van der Waals surface area contributed by atoms with Crippen LogP contribution in [0.4, 0.5) is 0 Å². The fraction of sp³-hybridized carbons (Fsp3) is 0.478. The average Bonchev–Trinajstić information content (AvgIpc) is 1.69. The number of para-hydroxylation sites is 1. The quantitative estimate of drug-likeness (QED) is 0.0465. The third-order valence-corrected chi connectivity index (χ3v) is 24.3. The van der Waals surface area contributed by atoms with Crippen LogP contribution in [0.15, 0.2) is 146 Å². The van der Waals surface area contributed by atoms with Crippen LogP contribution in [-0.2, 0) is 109 Å². The molecule has 3 aliphatic heterocycles. The normalized spacial score (nSPS) is 23.6. The molecule has 127 heavy (non-hydrogen) atoms. The van der Waals surface area contributed by atoms with Gasteiger partial charge in [-0.15, -0.1) is 11.8 Å². The first-order chi connectivity index (χ1) is 60.6. The Morgan fingerprint density at radius 3 is 1.63 bits per heavy atom. The second-order valence-corrected chi connectivity index (χ2v) is 34.6. The number of phenolic OH excluding ortho intramolecular Hbond substituents is 1. The molecule has 1 aromatic heterocycles. The van der Waals surface area contributed by atoms with Crippen LogP contribution in [0.3, 0.4) is 0 Å². The Bertz CT molecular complexity index is 4870. The maximum atomic E-state index is 15.6. The number of phenols is 1. The fourth-order valence-electron chi connectivity index (χ4n) is 16.2. The molecule has 4 heterocycles. The van der Waals surface area contributed by atoms with Gasteiger partial charge >= 0.3 is 5.97 Å². The molecule has 9 rings (SSSR count). The number of nitrogens with two attached hydrogens (primary N) is 1. The summed E-state index contributed by atoms with van der Waals surface area (Å²) in [5.74, 6) is -15.9. The summed E-state index contributed by atoms with van der Waals surface area (Å²) in [6.07, 6.45) is 2.02. The number of nitrogens with one attached hydrogen (secondary N) is 9. The topological polar surface area (TPSA) is 471 Å². The third-order valence-electron chi connectivity index (χ3n) is 23.2. The number of H-pyrrole nitrogens is 1. The summed E-state index contributed by atoms with van der Waals surface area (Å²) in [6, 6.07) is 22.3. The Kier molecular flexibility index (Phi) is 36.3. The number of unbranched alkanes of at least 4 members (excludes halogenated alkanes) is 1. The number of fused-ring (bicyclic) bond motifs is 3. The van der Waals surface area contributed by atoms with Crippen LogP contribution in [0.5, 0.6) is 5.75 Å². The van der Waals surface area contributed by atoms with Crippen molar-refractivity contribution in [2.24, 2.45) is 17.6 Å². The van der Waals surface area contributed by atoms with E-state index in [1.54, 1.807) is 125 Å². The standard InChI is InChI=1S/C92H120N16O18S/c1-10-11-33-72-88(122)103(6)52-77(111)97-69(49-79(113)114)85(119)102-80(56(4)5)92(126)106(9)75(47-59-29-19-14-20-30-59)91(125)108-43-24-35-73(108)90(124)107-42-23-34-71(107)86(120)100-68(48-61-50-94-64-32-22-21-31-63(61)64)84(118)99-67(45-60-36-39-62(109)40-37-60)83(117)98-66(44-55(2)3)82(116)101-70(81(115)95-51-76(93)110)53-127-54-78(112)96-65(41-38-57-25-15-12-16-26-57)87(121)105(8)74(89(123)104(72)7)46-58-27-17-13-18-28-58/h12-22,25-32,36-37,39-40,50,55-56,65-75,80,94,109H,10-11,23-24,33-35,38,41-49,51-54H2,1-9H3,(H2,93,110)(H,95,115)(H,96,112)(H,97,111)(H,98,117)(H,99,118)(H,100,120)(H,101,116)(H,102,119)(H,113,114)/t65-,66-,67?,68-,69-,70-,71+,72-,73-,74-,75-,80-/m0/s1. The number of amides is 15. The minimum absolute atomic E-state index is 0.0167. The number of likely N-dealkylation sites (N-methyl/N-ethyl adjacent to an activating group) is 4. The number of aromatic amines is 1. The number of aliphatic carboxylic acids is 1. The second-order valence-electron chi connectivity index (χ2n) is 33.6. The molecule has 5 aromatic carbocycles. The molecule has 0 radical (unpaired) electrons. The first-order valence-corrected chi connectivity index (χ1v) is 44.3. The number of primary amides is 1. The van der Waals surface area contributed by atoms with Gasteiger partial charge in [0.05, 0.1) is 25.3 Å². The Morgan fingerprint density at radius 1 is 0.512 bits per heavy atom. The van der Waals surface area contributed by atoms with Crippen molar-refractivity contribution in [1.29, 1.82) is 0 Å². The number of carboxylic acids is 1. The van der Waals surface area contributed by atoms with E-state index in [9.17, 15) is 43.8 Å². The van der Waals surface area contributed by atoms with Gasteiger partial charge < -0.3 is 92.9 Å². The van der Waals surface area contributed by atoms with Crippen molar-refractivity contribution in [3.8, 4) is 5.75 Å². The van der Waals surface area contributed by atoms with Gasteiger partial charge in [0.25, 0.3) is 0 Å². The van der Waals surface area contributed by atoms with Crippen LogP contribution in [-0.4, -0.2) is 278 Å². The monoisotopic (exact) mass is 1770 g/mol. The van der Waals surface area contributed by atoms with Crippen molar-refractivity contribution in [1.82, 2.24) is 76.9 Å².